The molecule has 0 spiro atoms. The quantitative estimate of drug-likeness (QED) is 0.421. The van der Waals surface area contributed by atoms with Crippen molar-refractivity contribution >= 4 is 7.85 Å². The summed E-state index contributed by atoms with van der Waals surface area (Å²) in [6.45, 7) is 9.29. The van der Waals surface area contributed by atoms with E-state index in [0.29, 0.717) is 5.31 Å². The third kappa shape index (κ3) is 6.76. The first-order valence-electron chi connectivity index (χ1n) is 5.48. The Balaban J connectivity index is 3.31. The van der Waals surface area contributed by atoms with Crippen LogP contribution in [0.15, 0.2) is 0 Å². The van der Waals surface area contributed by atoms with Gasteiger partial charge < -0.3 is 0 Å². The summed E-state index contributed by atoms with van der Waals surface area (Å²) in [6, 6.07) is 0. The van der Waals surface area contributed by atoms with E-state index in [-0.39, 0.29) is 0 Å². The van der Waals surface area contributed by atoms with E-state index in [1.807, 2.05) is 0 Å². The molecular formula is C11H25B. The van der Waals surface area contributed by atoms with Gasteiger partial charge in [0.05, 0.1) is 0 Å². The van der Waals surface area contributed by atoms with Gasteiger partial charge in [-0.15, -0.1) is 0 Å². The van der Waals surface area contributed by atoms with Gasteiger partial charge in [-0.1, -0.05) is 65.1 Å². The molecule has 0 rings (SSSR count). The molecule has 1 unspecified atom stereocenters. The summed E-state index contributed by atoms with van der Waals surface area (Å²) < 4.78 is 0. The van der Waals surface area contributed by atoms with Crippen LogP contribution < -0.4 is 0 Å². The van der Waals surface area contributed by atoms with Crippen LogP contribution in [0.5, 0.6) is 0 Å². The molecule has 0 radical (unpaired) electrons. The molecule has 0 bridgehead atoms. The topological polar surface area (TPSA) is 0 Å². The van der Waals surface area contributed by atoms with Gasteiger partial charge in [-0.3, -0.25) is 0 Å². The van der Waals surface area contributed by atoms with Gasteiger partial charge in [0.15, 0.2) is 0 Å². The fourth-order valence-corrected chi connectivity index (χ4v) is 1.33. The Morgan fingerprint density at radius 2 is 1.83 bits per heavy atom. The first kappa shape index (κ1) is 12.1. The minimum Gasteiger partial charge on any atom is -0.0669 e. The average Bonchev–Trinajstić information content (AvgIpc) is 1.98. The predicted octanol–water partition coefficient (Wildman–Crippen LogP) is 3.42. The van der Waals surface area contributed by atoms with Gasteiger partial charge in [0.2, 0.25) is 0 Å². The van der Waals surface area contributed by atoms with Gasteiger partial charge >= 0.3 is 0 Å². The molecule has 0 aliphatic heterocycles. The summed E-state index contributed by atoms with van der Waals surface area (Å²) in [4.78, 5) is 0. The molecule has 12 heavy (non-hydrogen) atoms. The number of rotatable bonds is 6. The number of unbranched alkanes of at least 4 members (excludes halogenated alkanes) is 1. The summed E-state index contributed by atoms with van der Waals surface area (Å²) in [5.41, 5.74) is 0. The fraction of sp³-hybridized carbons (Fsp3) is 1.00. The first-order chi connectivity index (χ1) is 5.48. The highest BCUT2D eigenvalue weighted by atomic mass is 14.1. The van der Waals surface area contributed by atoms with E-state index in [4.69, 9.17) is 0 Å². The van der Waals surface area contributed by atoms with Crippen LogP contribution in [0.1, 0.15) is 59.8 Å². The van der Waals surface area contributed by atoms with Crippen LogP contribution in [0.2, 0.25) is 5.31 Å². The standard InChI is InChI=1S/C11H25B/c1-5-11(4,12)9-7-6-8-10(2)3/h10H,5-9,12H2,1-4H3. The average molecular weight is 168 g/mol. The molecule has 0 N–H and O–H groups in total. The highest BCUT2D eigenvalue weighted by Gasteiger charge is 2.13. The minimum absolute atomic E-state index is 0.580. The summed E-state index contributed by atoms with van der Waals surface area (Å²) in [5, 5.41) is 0.580. The molecule has 1 heteroatoms. The van der Waals surface area contributed by atoms with E-state index < -0.39 is 0 Å². The molecule has 0 amide bonds. The van der Waals surface area contributed by atoms with Crippen LogP contribution in [-0.4, -0.2) is 7.85 Å². The summed E-state index contributed by atoms with van der Waals surface area (Å²) in [6.07, 6.45) is 6.95. The van der Waals surface area contributed by atoms with Crippen LogP contribution in [-0.2, 0) is 0 Å². The summed E-state index contributed by atoms with van der Waals surface area (Å²) in [7, 11) is 2.38. The molecule has 0 saturated heterocycles. The van der Waals surface area contributed by atoms with Gasteiger partial charge in [-0.2, -0.15) is 0 Å². The van der Waals surface area contributed by atoms with Crippen molar-refractivity contribution in [2.75, 3.05) is 0 Å². The van der Waals surface area contributed by atoms with Crippen molar-refractivity contribution in [3.8, 4) is 0 Å². The molecule has 1 atom stereocenters. The van der Waals surface area contributed by atoms with Crippen LogP contribution >= 0.6 is 0 Å². The maximum absolute atomic E-state index is 2.38. The first-order valence-corrected chi connectivity index (χ1v) is 5.48. The Labute approximate surface area is 79.5 Å². The third-order valence-electron chi connectivity index (χ3n) is 2.84. The Morgan fingerprint density at radius 1 is 1.25 bits per heavy atom. The van der Waals surface area contributed by atoms with Crippen molar-refractivity contribution in [2.45, 2.75) is 65.1 Å². The van der Waals surface area contributed by atoms with E-state index >= 15 is 0 Å². The molecule has 0 aromatic carbocycles. The third-order valence-corrected chi connectivity index (χ3v) is 2.84. The Morgan fingerprint density at radius 3 is 2.25 bits per heavy atom. The summed E-state index contributed by atoms with van der Waals surface area (Å²) in [5.74, 6) is 0.884. The van der Waals surface area contributed by atoms with E-state index in [0.717, 1.165) is 5.92 Å². The summed E-state index contributed by atoms with van der Waals surface area (Å²) >= 11 is 0. The van der Waals surface area contributed by atoms with E-state index in [1.165, 1.54) is 32.1 Å². The van der Waals surface area contributed by atoms with E-state index in [2.05, 4.69) is 35.5 Å². The molecule has 0 nitrogen and oxygen atoms in total. The second kappa shape index (κ2) is 5.67. The molecule has 0 aromatic heterocycles. The van der Waals surface area contributed by atoms with Gasteiger partial charge in [-0.05, 0) is 5.92 Å². The second-order valence-electron chi connectivity index (χ2n) is 5.16. The SMILES string of the molecule is BC(C)(CC)CCCCC(C)C. The number of hydrogen-bond acceptors (Lipinski definition) is 0. The largest absolute Gasteiger partial charge is 0.109 e. The van der Waals surface area contributed by atoms with Crippen LogP contribution in [0.25, 0.3) is 0 Å². The number of hydrogen-bond donors (Lipinski definition) is 0. The lowest BCUT2D eigenvalue weighted by Gasteiger charge is -2.22. The zero-order valence-electron chi connectivity index (χ0n) is 9.61. The maximum Gasteiger partial charge on any atom is 0.109 e. The fourth-order valence-electron chi connectivity index (χ4n) is 1.33. The molecule has 0 saturated carbocycles. The van der Waals surface area contributed by atoms with Crippen molar-refractivity contribution < 1.29 is 0 Å². The lowest BCUT2D eigenvalue weighted by molar-refractivity contribution is 0.469. The second-order valence-corrected chi connectivity index (χ2v) is 5.16. The Hall–Kier alpha value is 0.0649. The maximum atomic E-state index is 2.38. The zero-order chi connectivity index (χ0) is 9.61. The molecule has 0 aliphatic carbocycles. The molecule has 0 aliphatic rings. The highest BCUT2D eigenvalue weighted by Crippen LogP contribution is 2.31. The Bertz CT molecular complexity index is 106. The monoisotopic (exact) mass is 168 g/mol. The molecular weight excluding hydrogens is 143 g/mol. The lowest BCUT2D eigenvalue weighted by atomic mass is 9.65. The predicted molar refractivity (Wildman–Crippen MR) is 60.5 cm³/mol. The zero-order valence-corrected chi connectivity index (χ0v) is 9.61. The van der Waals surface area contributed by atoms with Crippen molar-refractivity contribution in [3.05, 3.63) is 0 Å². The minimum atomic E-state index is 0.580. The van der Waals surface area contributed by atoms with Crippen LogP contribution in [0.4, 0.5) is 0 Å². The van der Waals surface area contributed by atoms with Crippen molar-refractivity contribution in [1.82, 2.24) is 0 Å². The van der Waals surface area contributed by atoms with E-state index in [9.17, 15) is 0 Å². The lowest BCUT2D eigenvalue weighted by Crippen LogP contribution is -2.06. The highest BCUT2D eigenvalue weighted by molar-refractivity contribution is 6.14. The van der Waals surface area contributed by atoms with Crippen LogP contribution in [0.3, 0.4) is 0 Å². The van der Waals surface area contributed by atoms with Crippen molar-refractivity contribution in [2.24, 2.45) is 5.92 Å². The smallest absolute Gasteiger partial charge is 0.0669 e. The molecule has 0 fully saturated rings. The van der Waals surface area contributed by atoms with Crippen molar-refractivity contribution in [3.63, 3.8) is 0 Å². The van der Waals surface area contributed by atoms with Gasteiger partial charge in [0.1, 0.15) is 7.85 Å². The Kier molecular flexibility index (Phi) is 5.70. The van der Waals surface area contributed by atoms with Crippen molar-refractivity contribution in [1.29, 1.82) is 0 Å². The van der Waals surface area contributed by atoms with E-state index in [1.54, 1.807) is 0 Å². The molecule has 0 heterocycles. The normalized spacial score (nSPS) is 16.4. The van der Waals surface area contributed by atoms with Crippen LogP contribution in [0, 0.1) is 5.92 Å². The van der Waals surface area contributed by atoms with Gasteiger partial charge in [0, 0.05) is 0 Å². The molecule has 72 valence electrons. The van der Waals surface area contributed by atoms with Gasteiger partial charge in [-0.25, -0.2) is 0 Å². The van der Waals surface area contributed by atoms with Gasteiger partial charge in [0.25, 0.3) is 0 Å². The molecule has 0 aromatic rings.